The summed E-state index contributed by atoms with van der Waals surface area (Å²) in [6, 6.07) is 15.6. The Labute approximate surface area is 179 Å². The average Bonchev–Trinajstić information content (AvgIpc) is 3.00. The molecule has 1 heterocycles. The van der Waals surface area contributed by atoms with Crippen LogP contribution in [0.4, 0.5) is 11.4 Å². The van der Waals surface area contributed by atoms with E-state index in [1.165, 1.54) is 45.7 Å². The van der Waals surface area contributed by atoms with E-state index in [1.54, 1.807) is 0 Å². The number of carbonyl (C=O) groups excluding carboxylic acids is 2. The molecule has 3 rings (SSSR count). The van der Waals surface area contributed by atoms with Crippen LogP contribution in [0.3, 0.4) is 0 Å². The highest BCUT2D eigenvalue weighted by Crippen LogP contribution is 2.24. The monoisotopic (exact) mass is 407 g/mol. The van der Waals surface area contributed by atoms with Gasteiger partial charge in [-0.1, -0.05) is 37.1 Å². The van der Waals surface area contributed by atoms with E-state index < -0.39 is 0 Å². The number of hydrogen-bond donors (Lipinski definition) is 2. The molecule has 0 bridgehead atoms. The number of benzene rings is 2. The Hall–Kier alpha value is -2.66. The second-order valence-corrected chi connectivity index (χ2v) is 8.10. The van der Waals surface area contributed by atoms with Crippen LogP contribution in [0.25, 0.3) is 11.1 Å². The summed E-state index contributed by atoms with van der Waals surface area (Å²) in [5.74, 6) is -0.0112. The first-order chi connectivity index (χ1) is 14.6. The fraction of sp³-hybridized carbons (Fsp3) is 0.440. The number of rotatable bonds is 8. The quantitative estimate of drug-likeness (QED) is 0.584. The molecule has 2 amide bonds. The number of nitrogens with zero attached hydrogens (tertiary/aromatic N) is 1. The zero-order valence-electron chi connectivity index (χ0n) is 18.0. The van der Waals surface area contributed by atoms with Crippen molar-refractivity contribution in [2.45, 2.75) is 51.9 Å². The molecule has 2 aromatic carbocycles. The maximum Gasteiger partial charge on any atom is 0.224 e. The summed E-state index contributed by atoms with van der Waals surface area (Å²) in [6.07, 6.45) is 7.92. The Morgan fingerprint density at radius 1 is 0.833 bits per heavy atom. The Balaban J connectivity index is 1.43. The van der Waals surface area contributed by atoms with Crippen LogP contribution in [0, 0.1) is 0 Å². The average molecular weight is 408 g/mol. The summed E-state index contributed by atoms with van der Waals surface area (Å²) < 4.78 is 0. The molecule has 0 spiro atoms. The SMILES string of the molecule is CC(=O)Nc1cccc(-c2ccc(NC(=O)CCCCN3CCCCCC3)cc2)c1. The van der Waals surface area contributed by atoms with Gasteiger partial charge in [-0.25, -0.2) is 0 Å². The molecule has 0 unspecified atom stereocenters. The molecule has 1 aliphatic heterocycles. The van der Waals surface area contributed by atoms with Gasteiger partial charge in [0, 0.05) is 24.7 Å². The molecule has 2 N–H and O–H groups in total. The van der Waals surface area contributed by atoms with Crippen molar-refractivity contribution in [2.75, 3.05) is 30.3 Å². The van der Waals surface area contributed by atoms with E-state index in [4.69, 9.17) is 0 Å². The van der Waals surface area contributed by atoms with Crippen LogP contribution in [0.15, 0.2) is 48.5 Å². The zero-order valence-corrected chi connectivity index (χ0v) is 18.0. The molecule has 1 fully saturated rings. The number of hydrogen-bond acceptors (Lipinski definition) is 3. The van der Waals surface area contributed by atoms with E-state index in [1.807, 2.05) is 48.5 Å². The summed E-state index contributed by atoms with van der Waals surface area (Å²) in [6.45, 7) is 5.04. The predicted molar refractivity (Wildman–Crippen MR) is 124 cm³/mol. The first-order valence-corrected chi connectivity index (χ1v) is 11.1. The molecule has 0 aromatic heterocycles. The molecule has 30 heavy (non-hydrogen) atoms. The van der Waals surface area contributed by atoms with Crippen molar-refractivity contribution in [3.05, 3.63) is 48.5 Å². The summed E-state index contributed by atoms with van der Waals surface area (Å²) in [4.78, 5) is 26.0. The molecule has 1 aliphatic rings. The third-order valence-corrected chi connectivity index (χ3v) is 5.51. The smallest absolute Gasteiger partial charge is 0.224 e. The molecule has 1 saturated heterocycles. The third-order valence-electron chi connectivity index (χ3n) is 5.51. The van der Waals surface area contributed by atoms with Gasteiger partial charge < -0.3 is 15.5 Å². The topological polar surface area (TPSA) is 61.4 Å². The lowest BCUT2D eigenvalue weighted by atomic mass is 10.0. The van der Waals surface area contributed by atoms with E-state index in [0.717, 1.165) is 41.9 Å². The highest BCUT2D eigenvalue weighted by atomic mass is 16.2. The second-order valence-electron chi connectivity index (χ2n) is 8.10. The van der Waals surface area contributed by atoms with Crippen molar-refractivity contribution in [3.63, 3.8) is 0 Å². The van der Waals surface area contributed by atoms with Crippen LogP contribution < -0.4 is 10.6 Å². The molecule has 0 saturated carbocycles. The van der Waals surface area contributed by atoms with Gasteiger partial charge in [0.25, 0.3) is 0 Å². The van der Waals surface area contributed by atoms with Crippen LogP contribution in [-0.4, -0.2) is 36.3 Å². The molecule has 5 heteroatoms. The highest BCUT2D eigenvalue weighted by molar-refractivity contribution is 5.91. The fourth-order valence-corrected chi connectivity index (χ4v) is 3.93. The van der Waals surface area contributed by atoms with Crippen LogP contribution in [0.2, 0.25) is 0 Å². The number of unbranched alkanes of at least 4 members (excludes halogenated alkanes) is 1. The largest absolute Gasteiger partial charge is 0.326 e. The van der Waals surface area contributed by atoms with Crippen molar-refractivity contribution >= 4 is 23.2 Å². The highest BCUT2D eigenvalue weighted by Gasteiger charge is 2.09. The molecule has 160 valence electrons. The van der Waals surface area contributed by atoms with Gasteiger partial charge in [0.1, 0.15) is 0 Å². The van der Waals surface area contributed by atoms with Gasteiger partial charge in [-0.15, -0.1) is 0 Å². The lowest BCUT2D eigenvalue weighted by molar-refractivity contribution is -0.116. The lowest BCUT2D eigenvalue weighted by Gasteiger charge is -2.19. The van der Waals surface area contributed by atoms with E-state index >= 15 is 0 Å². The molecule has 0 aliphatic carbocycles. The minimum Gasteiger partial charge on any atom is -0.326 e. The first kappa shape index (κ1) is 22.0. The molecule has 0 atom stereocenters. The van der Waals surface area contributed by atoms with Crippen molar-refractivity contribution in [3.8, 4) is 11.1 Å². The number of carbonyl (C=O) groups is 2. The van der Waals surface area contributed by atoms with Gasteiger partial charge in [-0.2, -0.15) is 0 Å². The maximum absolute atomic E-state index is 12.3. The normalized spacial score (nSPS) is 14.7. The van der Waals surface area contributed by atoms with E-state index in [9.17, 15) is 9.59 Å². The van der Waals surface area contributed by atoms with E-state index in [-0.39, 0.29) is 11.8 Å². The van der Waals surface area contributed by atoms with Crippen LogP contribution in [0.5, 0.6) is 0 Å². The van der Waals surface area contributed by atoms with Crippen LogP contribution >= 0.6 is 0 Å². The van der Waals surface area contributed by atoms with Crippen LogP contribution in [0.1, 0.15) is 51.9 Å². The minimum atomic E-state index is -0.0864. The molecule has 0 radical (unpaired) electrons. The molecular weight excluding hydrogens is 374 g/mol. The summed E-state index contributed by atoms with van der Waals surface area (Å²) in [5, 5.41) is 5.80. The molecule has 5 nitrogen and oxygen atoms in total. The van der Waals surface area contributed by atoms with Gasteiger partial charge >= 0.3 is 0 Å². The number of amides is 2. The number of anilines is 2. The van der Waals surface area contributed by atoms with Gasteiger partial charge in [0.2, 0.25) is 11.8 Å². The van der Waals surface area contributed by atoms with Gasteiger partial charge in [0.15, 0.2) is 0 Å². The first-order valence-electron chi connectivity index (χ1n) is 11.1. The number of likely N-dealkylation sites (tertiary alicyclic amines) is 1. The summed E-state index contributed by atoms with van der Waals surface area (Å²) >= 11 is 0. The maximum atomic E-state index is 12.3. The lowest BCUT2D eigenvalue weighted by Crippen LogP contribution is -2.25. The summed E-state index contributed by atoms with van der Waals surface area (Å²) in [7, 11) is 0. The molecule has 2 aromatic rings. The molecular formula is C25H33N3O2. The Morgan fingerprint density at radius 3 is 2.27 bits per heavy atom. The van der Waals surface area contributed by atoms with Gasteiger partial charge in [-0.3, -0.25) is 9.59 Å². The van der Waals surface area contributed by atoms with Crippen molar-refractivity contribution in [1.29, 1.82) is 0 Å². The number of nitrogens with one attached hydrogen (secondary N) is 2. The fourth-order valence-electron chi connectivity index (χ4n) is 3.93. The van der Waals surface area contributed by atoms with Crippen LogP contribution in [-0.2, 0) is 9.59 Å². The van der Waals surface area contributed by atoms with Gasteiger partial charge in [-0.05, 0) is 80.7 Å². The predicted octanol–water partition coefficient (Wildman–Crippen LogP) is 5.30. The van der Waals surface area contributed by atoms with Crippen molar-refractivity contribution in [2.24, 2.45) is 0 Å². The zero-order chi connectivity index (χ0) is 21.2. The third kappa shape index (κ3) is 7.30. The standard InChI is InChI=1S/C25H33N3O2/c1-20(29)26-24-10-8-9-22(19-24)21-12-14-23(15-13-21)27-25(30)11-4-7-18-28-16-5-2-3-6-17-28/h8-10,12-15,19H,2-7,11,16-18H2,1H3,(H,26,29)(H,27,30). The van der Waals surface area contributed by atoms with E-state index in [0.29, 0.717) is 6.42 Å². The minimum absolute atomic E-state index is 0.0753. The van der Waals surface area contributed by atoms with Gasteiger partial charge in [0.05, 0.1) is 0 Å². The van der Waals surface area contributed by atoms with Crippen molar-refractivity contribution in [1.82, 2.24) is 4.90 Å². The van der Waals surface area contributed by atoms with Crippen molar-refractivity contribution < 1.29 is 9.59 Å². The Kier molecular flexibility index (Phi) is 8.45. The second kappa shape index (κ2) is 11.5. The van der Waals surface area contributed by atoms with E-state index in [2.05, 4.69) is 15.5 Å². The Morgan fingerprint density at radius 2 is 1.57 bits per heavy atom. The summed E-state index contributed by atoms with van der Waals surface area (Å²) in [5.41, 5.74) is 3.65. The Bertz CT molecular complexity index is 825.